The van der Waals surface area contributed by atoms with Gasteiger partial charge in [0.05, 0.1) is 4.90 Å². The zero-order valence-electron chi connectivity index (χ0n) is 13.8. The highest BCUT2D eigenvalue weighted by molar-refractivity contribution is 7.96. The lowest BCUT2D eigenvalue weighted by Crippen LogP contribution is -2.52. The second kappa shape index (κ2) is 7.29. The molecule has 0 fully saturated rings. The van der Waals surface area contributed by atoms with Crippen LogP contribution in [0.4, 0.5) is 26.3 Å². The van der Waals surface area contributed by atoms with Crippen LogP contribution >= 0.6 is 0 Å². The molecule has 0 atom stereocenters. The molecule has 146 valence electrons. The Morgan fingerprint density at radius 3 is 1.92 bits per heavy atom. The monoisotopic (exact) mass is 403 g/mol. The van der Waals surface area contributed by atoms with Crippen molar-refractivity contribution in [1.82, 2.24) is 4.90 Å². The Morgan fingerprint density at radius 1 is 1.08 bits per heavy atom. The second-order valence-electron chi connectivity index (χ2n) is 5.60. The molecule has 1 rings (SSSR count). The Balaban J connectivity index is 3.58. The SMILES string of the molecule is Cc1ccc(S(=O)(=O)/C(=C\N(C)C)C(=O)C(F)(F)C(F)(F)C(F)F)cc1. The summed E-state index contributed by atoms with van der Waals surface area (Å²) in [5.74, 6) is -14.9. The molecular formula is C15H15F6NO3S. The molecule has 0 heterocycles. The molecule has 26 heavy (non-hydrogen) atoms. The summed E-state index contributed by atoms with van der Waals surface area (Å²) < 4.78 is 103. The van der Waals surface area contributed by atoms with Gasteiger partial charge in [0.2, 0.25) is 9.84 Å². The number of benzene rings is 1. The summed E-state index contributed by atoms with van der Waals surface area (Å²) in [6.07, 6.45) is -4.50. The van der Waals surface area contributed by atoms with Crippen molar-refractivity contribution in [1.29, 1.82) is 0 Å². The summed E-state index contributed by atoms with van der Waals surface area (Å²) in [5, 5.41) is 0. The van der Waals surface area contributed by atoms with Crippen LogP contribution in [-0.2, 0) is 14.6 Å². The standard InChI is InChI=1S/C15H15F6NO3S/c1-9-4-6-10(7-5-9)26(24,25)11(8-22(2)3)12(23)14(18,19)15(20,21)13(16)17/h4-8,13H,1-3H3/b11-8-. The predicted octanol–water partition coefficient (Wildman–Crippen LogP) is 3.28. The number of halogens is 6. The van der Waals surface area contributed by atoms with Gasteiger partial charge in [-0.3, -0.25) is 4.79 Å². The van der Waals surface area contributed by atoms with E-state index in [9.17, 15) is 39.6 Å². The lowest BCUT2D eigenvalue weighted by molar-refractivity contribution is -0.251. The van der Waals surface area contributed by atoms with E-state index < -0.39 is 43.7 Å². The maximum Gasteiger partial charge on any atom is 0.378 e. The summed E-state index contributed by atoms with van der Waals surface area (Å²) in [6, 6.07) is 4.53. The van der Waals surface area contributed by atoms with Crippen LogP contribution in [0.25, 0.3) is 0 Å². The molecule has 0 bridgehead atoms. The smallest absolute Gasteiger partial charge is 0.378 e. The number of hydrogen-bond acceptors (Lipinski definition) is 4. The van der Waals surface area contributed by atoms with Gasteiger partial charge in [-0.2, -0.15) is 17.6 Å². The second-order valence-corrected chi connectivity index (χ2v) is 7.52. The van der Waals surface area contributed by atoms with Crippen molar-refractivity contribution < 1.29 is 39.6 Å². The molecule has 0 N–H and O–H groups in total. The molecule has 1 aromatic rings. The van der Waals surface area contributed by atoms with E-state index in [1.54, 1.807) is 6.92 Å². The maximum atomic E-state index is 13.8. The van der Waals surface area contributed by atoms with Crippen LogP contribution in [0.5, 0.6) is 0 Å². The number of aryl methyl sites for hydroxylation is 1. The molecule has 0 amide bonds. The average Bonchev–Trinajstić information content (AvgIpc) is 2.51. The molecule has 0 saturated carbocycles. The normalized spacial score (nSPS) is 13.8. The minimum absolute atomic E-state index is 0.368. The van der Waals surface area contributed by atoms with E-state index in [0.717, 1.165) is 31.1 Å². The van der Waals surface area contributed by atoms with E-state index in [1.165, 1.54) is 12.1 Å². The van der Waals surface area contributed by atoms with Crippen LogP contribution in [0, 0.1) is 6.92 Å². The Bertz CT molecular complexity index is 801. The first kappa shape index (κ1) is 22.0. The zero-order valence-corrected chi connectivity index (χ0v) is 14.6. The number of carbonyl (C=O) groups is 1. The van der Waals surface area contributed by atoms with Gasteiger partial charge in [-0.05, 0) is 19.1 Å². The van der Waals surface area contributed by atoms with Crippen molar-refractivity contribution in [3.8, 4) is 0 Å². The number of ketones is 1. The highest BCUT2D eigenvalue weighted by atomic mass is 32.2. The summed E-state index contributed by atoms with van der Waals surface area (Å²) >= 11 is 0. The molecule has 11 heteroatoms. The van der Waals surface area contributed by atoms with Crippen molar-refractivity contribution in [2.24, 2.45) is 0 Å². The van der Waals surface area contributed by atoms with Gasteiger partial charge in [0.1, 0.15) is 4.91 Å². The van der Waals surface area contributed by atoms with Crippen molar-refractivity contribution >= 4 is 15.6 Å². The minimum atomic E-state index is -6.04. The van der Waals surface area contributed by atoms with Crippen LogP contribution in [-0.4, -0.2) is 51.5 Å². The quantitative estimate of drug-likeness (QED) is 0.518. The van der Waals surface area contributed by atoms with E-state index in [2.05, 4.69) is 0 Å². The number of allylic oxidation sites excluding steroid dienone is 1. The van der Waals surface area contributed by atoms with Gasteiger partial charge >= 0.3 is 18.3 Å². The van der Waals surface area contributed by atoms with Crippen LogP contribution in [0.3, 0.4) is 0 Å². The molecule has 0 aliphatic heterocycles. The van der Waals surface area contributed by atoms with Crippen molar-refractivity contribution in [3.05, 3.63) is 40.9 Å². The fraction of sp³-hybridized carbons (Fsp3) is 0.400. The number of hydrogen-bond donors (Lipinski definition) is 0. The lowest BCUT2D eigenvalue weighted by atomic mass is 10.1. The third-order valence-electron chi connectivity index (χ3n) is 3.20. The van der Waals surface area contributed by atoms with Gasteiger partial charge in [-0.25, -0.2) is 17.2 Å². The Hall–Kier alpha value is -2.04. The molecule has 4 nitrogen and oxygen atoms in total. The topological polar surface area (TPSA) is 54.5 Å². The molecule has 0 radical (unpaired) electrons. The largest absolute Gasteiger partial charge is 0.382 e. The fourth-order valence-electron chi connectivity index (χ4n) is 1.77. The van der Waals surface area contributed by atoms with E-state index in [1.807, 2.05) is 0 Å². The van der Waals surface area contributed by atoms with Crippen LogP contribution < -0.4 is 0 Å². The molecule has 0 aliphatic carbocycles. The van der Waals surface area contributed by atoms with Crippen molar-refractivity contribution in [2.45, 2.75) is 30.1 Å². The molecule has 0 spiro atoms. The third kappa shape index (κ3) is 4.02. The summed E-state index contributed by atoms with van der Waals surface area (Å²) in [7, 11) is -2.69. The molecule has 0 unspecified atom stereocenters. The maximum absolute atomic E-state index is 13.8. The summed E-state index contributed by atoms with van der Waals surface area (Å²) in [6.45, 7) is 1.59. The highest BCUT2D eigenvalue weighted by Gasteiger charge is 2.68. The molecule has 0 aromatic heterocycles. The van der Waals surface area contributed by atoms with Crippen molar-refractivity contribution in [3.63, 3.8) is 0 Å². The van der Waals surface area contributed by atoms with Gasteiger partial charge in [-0.15, -0.1) is 0 Å². The molecule has 0 aliphatic rings. The Labute approximate surface area is 146 Å². The van der Waals surface area contributed by atoms with Crippen LogP contribution in [0.2, 0.25) is 0 Å². The van der Waals surface area contributed by atoms with Gasteiger partial charge < -0.3 is 4.90 Å². The zero-order chi connectivity index (χ0) is 20.5. The average molecular weight is 403 g/mol. The van der Waals surface area contributed by atoms with E-state index >= 15 is 0 Å². The predicted molar refractivity (Wildman–Crippen MR) is 81.0 cm³/mol. The van der Waals surface area contributed by atoms with Gasteiger partial charge in [0, 0.05) is 20.3 Å². The van der Waals surface area contributed by atoms with Crippen LogP contribution in [0.1, 0.15) is 5.56 Å². The number of nitrogens with zero attached hydrogens (tertiary/aromatic N) is 1. The first-order valence-electron chi connectivity index (χ1n) is 6.94. The third-order valence-corrected chi connectivity index (χ3v) is 4.96. The summed E-state index contributed by atoms with van der Waals surface area (Å²) in [5.41, 5.74) is 0.600. The molecule has 1 aromatic carbocycles. The number of Topliss-reactive ketones (excluding diaryl/α,β-unsaturated/α-hetero) is 1. The molecular weight excluding hydrogens is 388 g/mol. The number of carbonyl (C=O) groups excluding carboxylic acids is 1. The fourth-order valence-corrected chi connectivity index (χ4v) is 3.24. The number of alkyl halides is 6. The van der Waals surface area contributed by atoms with Gasteiger partial charge in [0.25, 0.3) is 5.78 Å². The number of sulfone groups is 1. The van der Waals surface area contributed by atoms with E-state index in [-0.39, 0.29) is 0 Å². The number of rotatable bonds is 7. The minimum Gasteiger partial charge on any atom is -0.382 e. The van der Waals surface area contributed by atoms with Crippen molar-refractivity contribution in [2.75, 3.05) is 14.1 Å². The first-order valence-corrected chi connectivity index (χ1v) is 8.42. The van der Waals surface area contributed by atoms with Gasteiger partial charge in [0.15, 0.2) is 0 Å². The highest BCUT2D eigenvalue weighted by Crippen LogP contribution is 2.42. The van der Waals surface area contributed by atoms with Crippen LogP contribution in [0.15, 0.2) is 40.3 Å². The lowest BCUT2D eigenvalue weighted by Gasteiger charge is -2.25. The molecule has 0 saturated heterocycles. The van der Waals surface area contributed by atoms with Gasteiger partial charge in [-0.1, -0.05) is 17.7 Å². The van der Waals surface area contributed by atoms with E-state index in [4.69, 9.17) is 0 Å². The van der Waals surface area contributed by atoms with E-state index in [0.29, 0.717) is 11.8 Å². The Kier molecular flexibility index (Phi) is 6.17. The Morgan fingerprint density at radius 2 is 1.54 bits per heavy atom. The first-order chi connectivity index (χ1) is 11.7. The summed E-state index contributed by atoms with van der Waals surface area (Å²) in [4.78, 5) is 10.4.